The fourth-order valence-electron chi connectivity index (χ4n) is 3.02. The maximum Gasteiger partial charge on any atom is 0.419 e. The minimum Gasteiger partial charge on any atom is -0.493 e. The third kappa shape index (κ3) is 6.63. The molecule has 0 bridgehead atoms. The van der Waals surface area contributed by atoms with Crippen molar-refractivity contribution in [3.8, 4) is 16.3 Å². The van der Waals surface area contributed by atoms with E-state index in [-0.39, 0.29) is 29.5 Å². The van der Waals surface area contributed by atoms with E-state index in [9.17, 15) is 18.3 Å². The van der Waals surface area contributed by atoms with Crippen LogP contribution in [0.3, 0.4) is 0 Å². The summed E-state index contributed by atoms with van der Waals surface area (Å²) in [5.74, 6) is -0.202. The number of nitrogens with two attached hydrogens (primary N) is 1. The van der Waals surface area contributed by atoms with Crippen molar-refractivity contribution in [3.63, 3.8) is 0 Å². The lowest BCUT2D eigenvalue weighted by atomic mass is 10.1. The summed E-state index contributed by atoms with van der Waals surface area (Å²) in [6.07, 6.45) is -1.15. The van der Waals surface area contributed by atoms with Crippen molar-refractivity contribution < 1.29 is 23.0 Å². The highest BCUT2D eigenvalue weighted by Crippen LogP contribution is 2.40. The van der Waals surface area contributed by atoms with Crippen molar-refractivity contribution in [1.29, 1.82) is 0 Å². The van der Waals surface area contributed by atoms with E-state index in [1.54, 1.807) is 0 Å². The van der Waals surface area contributed by atoms with E-state index in [0.29, 0.717) is 11.4 Å². The molecule has 3 N–H and O–H groups in total. The number of ether oxygens (including phenoxy) is 1. The molecule has 0 spiro atoms. The van der Waals surface area contributed by atoms with Gasteiger partial charge < -0.3 is 15.6 Å². The van der Waals surface area contributed by atoms with Gasteiger partial charge in [0, 0.05) is 5.56 Å². The molecule has 172 valence electrons. The molecule has 2 aromatic carbocycles. The van der Waals surface area contributed by atoms with Crippen LogP contribution in [0.1, 0.15) is 35.4 Å². The second-order valence-corrected chi connectivity index (χ2v) is 10.2. The molecular formula is C22H23F3IN3O2S. The van der Waals surface area contributed by atoms with Crippen molar-refractivity contribution >= 4 is 33.9 Å². The second kappa shape index (κ2) is 10.9. The number of alkyl halides is 4. The molecule has 0 aliphatic carbocycles. The minimum absolute atomic E-state index is 0.202. The van der Waals surface area contributed by atoms with E-state index < -0.39 is 15.3 Å². The lowest BCUT2D eigenvalue weighted by molar-refractivity contribution is -0.138. The molecular weight excluding hydrogens is 554 g/mol. The molecule has 0 unspecified atom stereocenters. The summed E-state index contributed by atoms with van der Waals surface area (Å²) in [4.78, 5) is 0. The number of unbranched alkanes of at least 4 members (excludes halogenated alkanes) is 2. The third-order valence-electron chi connectivity index (χ3n) is 4.75. The van der Waals surface area contributed by atoms with Crippen molar-refractivity contribution in [2.45, 2.75) is 35.4 Å². The van der Waals surface area contributed by atoms with Crippen LogP contribution < -0.4 is 10.5 Å². The Morgan fingerprint density at radius 2 is 1.78 bits per heavy atom. The molecule has 3 aromatic rings. The molecule has 0 radical (unpaired) electrons. The molecule has 1 heterocycles. The second-order valence-electron chi connectivity index (χ2n) is 7.29. The van der Waals surface area contributed by atoms with Gasteiger partial charge in [0.05, 0.1) is 18.8 Å². The largest absolute Gasteiger partial charge is 0.493 e. The van der Waals surface area contributed by atoms with Gasteiger partial charge in [-0.3, -0.25) is 0 Å². The molecule has 10 heteroatoms. The Kier molecular flexibility index (Phi) is 8.48. The van der Waals surface area contributed by atoms with Crippen molar-refractivity contribution in [3.05, 3.63) is 64.7 Å². The number of hydrogen-bond acceptors (Lipinski definition) is 6. The highest BCUT2D eigenvalue weighted by molar-refractivity contribution is 14.1. The molecule has 32 heavy (non-hydrogen) atoms. The molecule has 0 saturated heterocycles. The molecule has 1 atom stereocenters. The van der Waals surface area contributed by atoms with Crippen LogP contribution in [0.15, 0.2) is 48.5 Å². The Balaban J connectivity index is 1.63. The summed E-state index contributed by atoms with van der Waals surface area (Å²) < 4.78 is 45.3. The number of aliphatic hydroxyl groups excluding tert-OH is 1. The Morgan fingerprint density at radius 3 is 2.47 bits per heavy atom. The molecule has 0 saturated carbocycles. The maximum atomic E-state index is 13.6. The monoisotopic (exact) mass is 577 g/mol. The number of nitrogens with zero attached hydrogens (tertiary/aromatic N) is 2. The van der Waals surface area contributed by atoms with E-state index in [0.717, 1.165) is 36.7 Å². The van der Waals surface area contributed by atoms with Gasteiger partial charge in [0.25, 0.3) is 0 Å². The first-order valence-electron chi connectivity index (χ1n) is 10.0. The normalized spacial score (nSPS) is 13.7. The Hall–Kier alpha value is -1.76. The predicted molar refractivity (Wildman–Crippen MR) is 127 cm³/mol. The summed E-state index contributed by atoms with van der Waals surface area (Å²) in [5, 5.41) is 17.8. The average Bonchev–Trinajstić information content (AvgIpc) is 3.27. The highest BCUT2D eigenvalue weighted by Gasteiger charge is 2.35. The quantitative estimate of drug-likeness (QED) is 0.143. The van der Waals surface area contributed by atoms with Crippen molar-refractivity contribution in [1.82, 2.24) is 10.2 Å². The lowest BCUT2D eigenvalue weighted by Gasteiger charge is -2.15. The number of aromatic nitrogens is 2. The molecule has 0 amide bonds. The van der Waals surface area contributed by atoms with Crippen LogP contribution in [0.25, 0.3) is 10.6 Å². The van der Waals surface area contributed by atoms with E-state index in [4.69, 9.17) is 10.5 Å². The fourth-order valence-corrected chi connectivity index (χ4v) is 4.28. The van der Waals surface area contributed by atoms with E-state index in [1.165, 1.54) is 17.7 Å². The number of benzene rings is 2. The SMILES string of the molecule is N[C@@](I)(CO)c1nnc(-c2ccc(OCCCCCc3ccccc3)c(C(F)(F)F)c2)s1. The predicted octanol–water partition coefficient (Wildman–Crippen LogP) is 5.55. The number of aliphatic hydroxyl groups is 1. The number of hydrogen-bond donors (Lipinski definition) is 2. The summed E-state index contributed by atoms with van der Waals surface area (Å²) in [6, 6.07) is 13.9. The van der Waals surface area contributed by atoms with Gasteiger partial charge in [-0.25, -0.2) is 0 Å². The lowest BCUT2D eigenvalue weighted by Crippen LogP contribution is -2.33. The smallest absolute Gasteiger partial charge is 0.419 e. The van der Waals surface area contributed by atoms with Crippen LogP contribution in [-0.2, 0) is 16.1 Å². The first-order valence-corrected chi connectivity index (χ1v) is 11.9. The minimum atomic E-state index is -4.57. The van der Waals surface area contributed by atoms with E-state index in [2.05, 4.69) is 22.3 Å². The van der Waals surface area contributed by atoms with E-state index >= 15 is 0 Å². The van der Waals surface area contributed by atoms with Crippen molar-refractivity contribution in [2.24, 2.45) is 5.73 Å². The van der Waals surface area contributed by atoms with Gasteiger partial charge in [0.15, 0.2) is 0 Å². The summed E-state index contributed by atoms with van der Waals surface area (Å²) in [5.41, 5.74) is 6.58. The molecule has 3 rings (SSSR count). The average molecular weight is 577 g/mol. The Bertz CT molecular complexity index is 1010. The van der Waals surface area contributed by atoms with Gasteiger partial charge >= 0.3 is 6.18 Å². The fraction of sp³-hybridized carbons (Fsp3) is 0.364. The van der Waals surface area contributed by atoms with Crippen LogP contribution in [0.2, 0.25) is 0 Å². The highest BCUT2D eigenvalue weighted by atomic mass is 127. The van der Waals surface area contributed by atoms with Gasteiger partial charge in [-0.15, -0.1) is 10.2 Å². The molecule has 5 nitrogen and oxygen atoms in total. The van der Waals surface area contributed by atoms with Gasteiger partial charge in [-0.1, -0.05) is 64.3 Å². The van der Waals surface area contributed by atoms with Gasteiger partial charge in [0.1, 0.15) is 19.3 Å². The zero-order valence-electron chi connectivity index (χ0n) is 17.1. The molecule has 0 aliphatic heterocycles. The van der Waals surface area contributed by atoms with Crippen LogP contribution in [-0.4, -0.2) is 28.5 Å². The summed E-state index contributed by atoms with van der Waals surface area (Å²) in [7, 11) is 0. The van der Waals surface area contributed by atoms with E-state index in [1.807, 2.05) is 40.8 Å². The van der Waals surface area contributed by atoms with Gasteiger partial charge in [0.2, 0.25) is 0 Å². The summed E-state index contributed by atoms with van der Waals surface area (Å²) in [6.45, 7) is -0.157. The van der Waals surface area contributed by atoms with Crippen LogP contribution >= 0.6 is 33.9 Å². The van der Waals surface area contributed by atoms with Gasteiger partial charge in [-0.2, -0.15) is 13.2 Å². The Labute approximate surface area is 202 Å². The van der Waals surface area contributed by atoms with Crippen LogP contribution in [0.4, 0.5) is 13.2 Å². The van der Waals surface area contributed by atoms with Crippen LogP contribution in [0, 0.1) is 0 Å². The first kappa shape index (κ1) is 24.9. The molecule has 0 aliphatic rings. The zero-order chi connectivity index (χ0) is 23.2. The third-order valence-corrected chi connectivity index (χ3v) is 7.12. The number of aryl methyl sites for hydroxylation is 1. The standard InChI is InChI=1S/C22H23F3IN3O2S/c23-22(24,25)17-13-16(19-28-29-20(32-19)21(26,27)14-30)10-11-18(17)31-12-6-2-5-9-15-7-3-1-4-8-15/h1,3-4,7-8,10-11,13,30H,2,5-6,9,12,14,27H2/t21-/m0/s1. The zero-order valence-corrected chi connectivity index (χ0v) is 20.1. The van der Waals surface area contributed by atoms with Crippen molar-refractivity contribution in [2.75, 3.05) is 13.2 Å². The number of halogens is 4. The Morgan fingerprint density at radius 1 is 1.03 bits per heavy atom. The number of rotatable bonds is 10. The first-order chi connectivity index (χ1) is 15.2. The summed E-state index contributed by atoms with van der Waals surface area (Å²) >= 11 is 2.87. The maximum absolute atomic E-state index is 13.6. The topological polar surface area (TPSA) is 81.3 Å². The molecule has 1 aromatic heterocycles. The van der Waals surface area contributed by atoms with Gasteiger partial charge in [-0.05, 0) is 49.4 Å². The molecule has 0 fully saturated rings. The van der Waals surface area contributed by atoms with Crippen LogP contribution in [0.5, 0.6) is 5.75 Å².